The predicted octanol–water partition coefficient (Wildman–Crippen LogP) is 1.84. The molecule has 6 heteroatoms. The Labute approximate surface area is 143 Å². The molecule has 1 unspecified atom stereocenters. The Balaban J connectivity index is 1.65. The third kappa shape index (κ3) is 3.62. The highest BCUT2D eigenvalue weighted by molar-refractivity contribution is 5.93. The van der Waals surface area contributed by atoms with E-state index in [0.29, 0.717) is 18.8 Å². The van der Waals surface area contributed by atoms with Crippen molar-refractivity contribution in [1.29, 1.82) is 0 Å². The average molecular weight is 332 g/mol. The molecule has 1 atom stereocenters. The van der Waals surface area contributed by atoms with Crippen LogP contribution in [0.2, 0.25) is 0 Å². The van der Waals surface area contributed by atoms with E-state index in [9.17, 15) is 9.59 Å². The van der Waals surface area contributed by atoms with Crippen LogP contribution < -0.4 is 5.32 Å². The van der Waals surface area contributed by atoms with Crippen molar-refractivity contribution in [3.8, 4) is 0 Å². The summed E-state index contributed by atoms with van der Waals surface area (Å²) in [5, 5.41) is 2.96. The number of carbonyl (C=O) groups is 2. The van der Waals surface area contributed by atoms with Gasteiger partial charge in [0.05, 0.1) is 17.9 Å². The molecule has 1 aromatic rings. The standard InChI is InChI=1S/C18H28N4O2/c1-18(2,3)11-19-16(23)15-14-7-6-13(10-22(14)12-20-15)17(24)21-8-4-5-9-21/h12-13H,4-11H2,1-3H3,(H,19,23). The maximum atomic E-state index is 12.6. The fraction of sp³-hybridized carbons (Fsp3) is 0.722. The lowest BCUT2D eigenvalue weighted by molar-refractivity contribution is -0.135. The van der Waals surface area contributed by atoms with E-state index in [1.54, 1.807) is 6.33 Å². The number of carbonyl (C=O) groups excluding carboxylic acids is 2. The second-order valence-corrected chi connectivity index (χ2v) is 8.20. The van der Waals surface area contributed by atoms with E-state index in [0.717, 1.165) is 44.5 Å². The zero-order chi connectivity index (χ0) is 17.3. The molecule has 0 spiro atoms. The van der Waals surface area contributed by atoms with Crippen LogP contribution in [0, 0.1) is 11.3 Å². The van der Waals surface area contributed by atoms with Gasteiger partial charge in [0, 0.05) is 26.2 Å². The minimum atomic E-state index is -0.108. The minimum absolute atomic E-state index is 0.0234. The van der Waals surface area contributed by atoms with Gasteiger partial charge < -0.3 is 14.8 Å². The number of likely N-dealkylation sites (tertiary alicyclic amines) is 1. The Morgan fingerprint density at radius 1 is 1.29 bits per heavy atom. The molecule has 1 N–H and O–H groups in total. The quantitative estimate of drug-likeness (QED) is 0.918. The second kappa shape index (κ2) is 6.57. The molecule has 3 heterocycles. The number of nitrogens with one attached hydrogen (secondary N) is 1. The topological polar surface area (TPSA) is 67.2 Å². The van der Waals surface area contributed by atoms with Crippen molar-refractivity contribution in [3.63, 3.8) is 0 Å². The lowest BCUT2D eigenvalue weighted by Gasteiger charge is -2.27. The predicted molar refractivity (Wildman–Crippen MR) is 91.6 cm³/mol. The lowest BCUT2D eigenvalue weighted by atomic mass is 9.95. The van der Waals surface area contributed by atoms with Crippen molar-refractivity contribution < 1.29 is 9.59 Å². The smallest absolute Gasteiger partial charge is 0.271 e. The average Bonchev–Trinajstić information content (AvgIpc) is 3.20. The Morgan fingerprint density at radius 2 is 2.00 bits per heavy atom. The van der Waals surface area contributed by atoms with Gasteiger partial charge in [-0.15, -0.1) is 0 Å². The van der Waals surface area contributed by atoms with Gasteiger partial charge in [0.1, 0.15) is 5.69 Å². The highest BCUT2D eigenvalue weighted by Crippen LogP contribution is 2.25. The molecule has 2 amide bonds. The number of imidazole rings is 1. The summed E-state index contributed by atoms with van der Waals surface area (Å²) in [6.45, 7) is 9.32. The summed E-state index contributed by atoms with van der Waals surface area (Å²) >= 11 is 0. The Kier molecular flexibility index (Phi) is 4.65. The van der Waals surface area contributed by atoms with Gasteiger partial charge in [-0.1, -0.05) is 20.8 Å². The molecule has 0 aliphatic carbocycles. The van der Waals surface area contributed by atoms with E-state index in [2.05, 4.69) is 31.1 Å². The van der Waals surface area contributed by atoms with Crippen molar-refractivity contribution >= 4 is 11.8 Å². The first-order chi connectivity index (χ1) is 11.3. The highest BCUT2D eigenvalue weighted by Gasteiger charge is 2.32. The molecule has 2 aliphatic rings. The normalized spacial score (nSPS) is 20.8. The van der Waals surface area contributed by atoms with Crippen LogP contribution in [0.15, 0.2) is 6.33 Å². The molecule has 3 rings (SSSR count). The summed E-state index contributed by atoms with van der Waals surface area (Å²) in [6.07, 6.45) is 5.49. The van der Waals surface area contributed by atoms with Crippen molar-refractivity contribution in [2.75, 3.05) is 19.6 Å². The molecule has 0 saturated carbocycles. The molecule has 1 saturated heterocycles. The van der Waals surface area contributed by atoms with Gasteiger partial charge in [-0.3, -0.25) is 9.59 Å². The monoisotopic (exact) mass is 332 g/mol. The van der Waals surface area contributed by atoms with Crippen LogP contribution in [-0.2, 0) is 17.8 Å². The molecule has 0 aromatic carbocycles. The SMILES string of the molecule is CC(C)(C)CNC(=O)c1ncn2c1CCC(C(=O)N1CCCC1)C2. The number of hydrogen-bond acceptors (Lipinski definition) is 3. The van der Waals surface area contributed by atoms with Gasteiger partial charge in [0.25, 0.3) is 5.91 Å². The van der Waals surface area contributed by atoms with Gasteiger partial charge in [-0.05, 0) is 31.1 Å². The maximum Gasteiger partial charge on any atom is 0.271 e. The van der Waals surface area contributed by atoms with Crippen molar-refractivity contribution in [2.45, 2.75) is 53.0 Å². The van der Waals surface area contributed by atoms with Gasteiger partial charge in [0.2, 0.25) is 5.91 Å². The molecule has 2 aliphatic heterocycles. The van der Waals surface area contributed by atoms with Crippen LogP contribution in [0.1, 0.15) is 56.2 Å². The van der Waals surface area contributed by atoms with Crippen LogP contribution in [0.25, 0.3) is 0 Å². The molecule has 6 nitrogen and oxygen atoms in total. The molecule has 0 radical (unpaired) electrons. The number of nitrogens with zero attached hydrogens (tertiary/aromatic N) is 3. The summed E-state index contributed by atoms with van der Waals surface area (Å²) in [6, 6.07) is 0. The van der Waals surface area contributed by atoms with E-state index in [1.165, 1.54) is 0 Å². The van der Waals surface area contributed by atoms with Gasteiger partial charge >= 0.3 is 0 Å². The maximum absolute atomic E-state index is 12.6. The number of fused-ring (bicyclic) bond motifs is 1. The van der Waals surface area contributed by atoms with Crippen LogP contribution in [0.3, 0.4) is 0 Å². The number of hydrogen-bond donors (Lipinski definition) is 1. The minimum Gasteiger partial charge on any atom is -0.350 e. The number of rotatable bonds is 3. The van der Waals surface area contributed by atoms with Crippen molar-refractivity contribution in [2.24, 2.45) is 11.3 Å². The first-order valence-corrected chi connectivity index (χ1v) is 8.96. The van der Waals surface area contributed by atoms with Crippen molar-refractivity contribution in [1.82, 2.24) is 19.8 Å². The van der Waals surface area contributed by atoms with E-state index >= 15 is 0 Å². The van der Waals surface area contributed by atoms with Gasteiger partial charge in [-0.2, -0.15) is 0 Å². The first kappa shape index (κ1) is 17.0. The summed E-state index contributed by atoms with van der Waals surface area (Å²) in [5.41, 5.74) is 1.53. The highest BCUT2D eigenvalue weighted by atomic mass is 16.2. The van der Waals surface area contributed by atoms with Crippen LogP contribution in [-0.4, -0.2) is 45.9 Å². The van der Waals surface area contributed by atoms with E-state index in [-0.39, 0.29) is 23.1 Å². The van der Waals surface area contributed by atoms with Gasteiger partial charge in [-0.25, -0.2) is 4.98 Å². The number of amides is 2. The fourth-order valence-corrected chi connectivity index (χ4v) is 3.48. The molecule has 132 valence electrons. The summed E-state index contributed by atoms with van der Waals surface area (Å²) in [4.78, 5) is 31.3. The molecule has 0 bridgehead atoms. The molecule has 1 fully saturated rings. The molecule has 1 aromatic heterocycles. The first-order valence-electron chi connectivity index (χ1n) is 8.96. The van der Waals surface area contributed by atoms with Crippen LogP contribution in [0.4, 0.5) is 0 Å². The van der Waals surface area contributed by atoms with E-state index in [1.807, 2.05) is 9.47 Å². The van der Waals surface area contributed by atoms with E-state index in [4.69, 9.17) is 0 Å². The summed E-state index contributed by atoms with van der Waals surface area (Å²) in [5.74, 6) is 0.184. The second-order valence-electron chi connectivity index (χ2n) is 8.20. The van der Waals surface area contributed by atoms with Crippen LogP contribution in [0.5, 0.6) is 0 Å². The lowest BCUT2D eigenvalue weighted by Crippen LogP contribution is -2.38. The Morgan fingerprint density at radius 3 is 2.67 bits per heavy atom. The van der Waals surface area contributed by atoms with Crippen LogP contribution >= 0.6 is 0 Å². The number of aromatic nitrogens is 2. The van der Waals surface area contributed by atoms with Crippen molar-refractivity contribution in [3.05, 3.63) is 17.7 Å². The third-order valence-electron chi connectivity index (χ3n) is 4.85. The van der Waals surface area contributed by atoms with E-state index < -0.39 is 0 Å². The third-order valence-corrected chi connectivity index (χ3v) is 4.85. The summed E-state index contributed by atoms with van der Waals surface area (Å²) < 4.78 is 1.99. The zero-order valence-corrected chi connectivity index (χ0v) is 15.0. The van der Waals surface area contributed by atoms with Gasteiger partial charge in [0.15, 0.2) is 0 Å². The molecule has 24 heavy (non-hydrogen) atoms. The molecular formula is C18H28N4O2. The Hall–Kier alpha value is -1.85. The fourth-order valence-electron chi connectivity index (χ4n) is 3.48. The largest absolute Gasteiger partial charge is 0.350 e. The zero-order valence-electron chi connectivity index (χ0n) is 15.0. The molecular weight excluding hydrogens is 304 g/mol. The Bertz CT molecular complexity index is 623. The summed E-state index contributed by atoms with van der Waals surface area (Å²) in [7, 11) is 0.